The van der Waals surface area contributed by atoms with Gasteiger partial charge in [-0.2, -0.15) is 0 Å². The van der Waals surface area contributed by atoms with Crippen LogP contribution in [0.15, 0.2) is 67.0 Å². The zero-order chi connectivity index (χ0) is 32.1. The summed E-state index contributed by atoms with van der Waals surface area (Å²) in [6.45, 7) is 17.7. The van der Waals surface area contributed by atoms with E-state index in [-0.39, 0.29) is 29.7 Å². The van der Waals surface area contributed by atoms with E-state index in [1.165, 1.54) is 18.6 Å². The van der Waals surface area contributed by atoms with Crippen LogP contribution in [0.4, 0.5) is 4.39 Å². The lowest BCUT2D eigenvalue weighted by Gasteiger charge is -2.36. The number of morpholine rings is 1. The Bertz CT molecular complexity index is 1340. The highest BCUT2D eigenvalue weighted by atomic mass is 19.1. The number of imidazole rings is 1. The van der Waals surface area contributed by atoms with E-state index in [1.807, 2.05) is 37.0 Å². The summed E-state index contributed by atoms with van der Waals surface area (Å²) in [7, 11) is 0. The van der Waals surface area contributed by atoms with E-state index in [0.717, 1.165) is 48.5 Å². The van der Waals surface area contributed by atoms with E-state index >= 15 is 0 Å². The number of amides is 1. The van der Waals surface area contributed by atoms with Crippen LogP contribution >= 0.6 is 0 Å². The fourth-order valence-corrected chi connectivity index (χ4v) is 5.12. The summed E-state index contributed by atoms with van der Waals surface area (Å²) < 4.78 is 19.4. The van der Waals surface area contributed by atoms with Gasteiger partial charge in [-0.05, 0) is 75.1 Å². The third-order valence-electron chi connectivity index (χ3n) is 7.44. The number of rotatable bonds is 9. The van der Waals surface area contributed by atoms with Crippen LogP contribution in [0.25, 0.3) is 11.6 Å². The number of nitrogens with zero attached hydrogens (tertiary/aromatic N) is 3. The van der Waals surface area contributed by atoms with Crippen molar-refractivity contribution in [3.8, 4) is 0 Å². The number of allylic oxidation sites excluding steroid dienone is 5. The van der Waals surface area contributed by atoms with Crippen molar-refractivity contribution in [2.75, 3.05) is 32.8 Å². The first-order valence-electron chi connectivity index (χ1n) is 15.6. The third kappa shape index (κ3) is 10.3. The van der Waals surface area contributed by atoms with Crippen molar-refractivity contribution >= 4 is 23.4 Å². The number of H-pyrrole nitrogens is 1. The van der Waals surface area contributed by atoms with E-state index in [0.29, 0.717) is 31.4 Å². The lowest BCUT2D eigenvalue weighted by molar-refractivity contribution is -0.126. The maximum absolute atomic E-state index is 13.8. The molecular formula is C35H49FN6O2. The topological polar surface area (TPSA) is 97.3 Å². The molecule has 2 aromatic rings. The molecule has 2 aliphatic rings. The number of aromatic nitrogens is 2. The number of nitrogens with one attached hydrogen (secondary N) is 3. The highest BCUT2D eigenvalue weighted by Crippen LogP contribution is 2.25. The molecule has 238 valence electrons. The zero-order valence-electron chi connectivity index (χ0n) is 26.9. The van der Waals surface area contributed by atoms with Gasteiger partial charge >= 0.3 is 0 Å². The monoisotopic (exact) mass is 604 g/mol. The Hall–Kier alpha value is -3.98. The summed E-state index contributed by atoms with van der Waals surface area (Å²) in [6, 6.07) is 6.40. The van der Waals surface area contributed by atoms with Crippen molar-refractivity contribution in [3.05, 3.63) is 89.9 Å². The minimum Gasteiger partial charge on any atom is -0.377 e. The van der Waals surface area contributed by atoms with Gasteiger partial charge in [-0.15, -0.1) is 0 Å². The molecule has 2 saturated heterocycles. The Morgan fingerprint density at radius 2 is 1.98 bits per heavy atom. The zero-order valence-corrected chi connectivity index (χ0v) is 26.9. The van der Waals surface area contributed by atoms with Crippen LogP contribution in [-0.4, -0.2) is 70.4 Å². The van der Waals surface area contributed by atoms with Crippen LogP contribution < -0.4 is 5.32 Å². The second-order valence-electron chi connectivity index (χ2n) is 11.6. The molecule has 1 aromatic heterocycles. The Morgan fingerprint density at radius 3 is 2.66 bits per heavy atom. The highest BCUT2D eigenvalue weighted by molar-refractivity contribution is 5.94. The highest BCUT2D eigenvalue weighted by Gasteiger charge is 2.26. The van der Waals surface area contributed by atoms with Gasteiger partial charge in [0.15, 0.2) is 0 Å². The van der Waals surface area contributed by atoms with Gasteiger partial charge in [0, 0.05) is 37.3 Å². The number of aromatic amines is 1. The molecule has 0 aliphatic carbocycles. The van der Waals surface area contributed by atoms with Crippen molar-refractivity contribution < 1.29 is 13.9 Å². The van der Waals surface area contributed by atoms with Crippen molar-refractivity contribution in [1.82, 2.24) is 25.1 Å². The van der Waals surface area contributed by atoms with Gasteiger partial charge in [0.2, 0.25) is 5.91 Å². The molecule has 2 fully saturated rings. The smallest absolute Gasteiger partial charge is 0.223 e. The normalized spacial score (nSPS) is 18.1. The fourth-order valence-electron chi connectivity index (χ4n) is 5.12. The van der Waals surface area contributed by atoms with Crippen molar-refractivity contribution in [3.63, 3.8) is 0 Å². The predicted molar refractivity (Wildman–Crippen MR) is 177 cm³/mol. The molecule has 9 heteroatoms. The van der Waals surface area contributed by atoms with Crippen molar-refractivity contribution in [2.24, 2.45) is 5.92 Å². The minimum atomic E-state index is -0.300. The number of hydrogen-bond acceptors (Lipinski definition) is 5. The van der Waals surface area contributed by atoms with Gasteiger partial charge in [-0.1, -0.05) is 51.1 Å². The summed E-state index contributed by atoms with van der Waals surface area (Å²) >= 11 is 0. The van der Waals surface area contributed by atoms with Crippen LogP contribution in [0.5, 0.6) is 0 Å². The van der Waals surface area contributed by atoms with E-state index in [1.54, 1.807) is 24.4 Å². The number of benzene rings is 1. The average Bonchev–Trinajstić information content (AvgIpc) is 3.49. The summed E-state index contributed by atoms with van der Waals surface area (Å²) in [4.78, 5) is 24.2. The van der Waals surface area contributed by atoms with Crippen molar-refractivity contribution in [2.45, 2.75) is 66.0 Å². The Balaban J connectivity index is 0.00000169. The molecule has 8 nitrogen and oxygen atoms in total. The third-order valence-corrected chi connectivity index (χ3v) is 7.44. The molecule has 1 amide bonds. The van der Waals surface area contributed by atoms with Crippen LogP contribution in [0.3, 0.4) is 0 Å². The second-order valence-corrected chi connectivity index (χ2v) is 11.6. The molecule has 3 heterocycles. The number of piperidine rings is 1. The Labute approximate surface area is 262 Å². The first-order valence-corrected chi connectivity index (χ1v) is 15.6. The van der Waals surface area contributed by atoms with Crippen LogP contribution in [0.2, 0.25) is 0 Å². The molecule has 0 spiro atoms. The molecule has 44 heavy (non-hydrogen) atoms. The van der Waals surface area contributed by atoms with Gasteiger partial charge in [0.1, 0.15) is 17.5 Å². The largest absolute Gasteiger partial charge is 0.377 e. The molecular weight excluding hydrogens is 555 g/mol. The number of amidine groups is 1. The molecule has 3 N–H and O–H groups in total. The van der Waals surface area contributed by atoms with Gasteiger partial charge in [-0.25, -0.2) is 9.37 Å². The summed E-state index contributed by atoms with van der Waals surface area (Å²) in [5.41, 5.74) is 3.52. The average molecular weight is 605 g/mol. The van der Waals surface area contributed by atoms with Gasteiger partial charge in [0.05, 0.1) is 31.1 Å². The summed E-state index contributed by atoms with van der Waals surface area (Å²) in [5, 5.41) is 11.6. The van der Waals surface area contributed by atoms with E-state index in [2.05, 4.69) is 53.6 Å². The maximum atomic E-state index is 13.8. The lowest BCUT2D eigenvalue weighted by Crippen LogP contribution is -2.42. The maximum Gasteiger partial charge on any atom is 0.223 e. The van der Waals surface area contributed by atoms with Gasteiger partial charge < -0.3 is 24.8 Å². The molecule has 1 unspecified atom stereocenters. The molecule has 0 bridgehead atoms. The second kappa shape index (κ2) is 17.3. The first-order chi connectivity index (χ1) is 21.1. The summed E-state index contributed by atoms with van der Waals surface area (Å²) in [6.07, 6.45) is 14.1. The Kier molecular flexibility index (Phi) is 13.6. The fraction of sp³-hybridized carbons (Fsp3) is 0.457. The Morgan fingerprint density at radius 1 is 1.25 bits per heavy atom. The quantitative estimate of drug-likeness (QED) is 0.167. The number of halogens is 1. The minimum absolute atomic E-state index is 0.0906. The molecule has 0 radical (unpaired) electrons. The van der Waals surface area contributed by atoms with Crippen LogP contribution in [-0.2, 0) is 9.53 Å². The molecule has 1 aromatic carbocycles. The van der Waals surface area contributed by atoms with E-state index in [4.69, 9.17) is 10.1 Å². The first kappa shape index (κ1) is 34.5. The SMILES string of the molecule is C=C(/C=C\C=C(/C)N1CCC(C(=O)NC(C)C)CC1)c1cnc(/C=C\C(=N)N2CCOCC2c2cccc(F)c2)[nH]1.CCC. The summed E-state index contributed by atoms with van der Waals surface area (Å²) in [5.74, 6) is 0.881. The lowest BCUT2D eigenvalue weighted by atomic mass is 9.95. The van der Waals surface area contributed by atoms with E-state index in [9.17, 15) is 9.18 Å². The number of hydrogen-bond donors (Lipinski definition) is 3. The number of carbonyl (C=O) groups excluding carboxylic acids is 1. The van der Waals surface area contributed by atoms with E-state index < -0.39 is 0 Å². The van der Waals surface area contributed by atoms with Crippen molar-refractivity contribution in [1.29, 1.82) is 5.41 Å². The molecule has 1 atom stereocenters. The molecule has 2 aliphatic heterocycles. The molecule has 0 saturated carbocycles. The molecule has 4 rings (SSSR count). The number of carbonyl (C=O) groups is 1. The number of likely N-dealkylation sites (tertiary alicyclic amines) is 1. The standard InChI is InChI=1S/C32H41FN6O2.C3H8/c1-22(2)36-32(40)25-13-15-38(16-14-25)24(4)8-5-7-23(3)28-20-35-31(37-28)12-11-30(34)39-17-18-41-21-29(39)26-9-6-10-27(33)19-26;1-3-2/h5-12,19-20,22,25,29,34H,3,13-18,21H2,1-2,4H3,(H,35,37)(H,36,40);3H2,1-2H3/b7-5-,12-11-,24-8+,34-30?;. The van der Waals surface area contributed by atoms with Crippen LogP contribution in [0, 0.1) is 17.1 Å². The van der Waals surface area contributed by atoms with Gasteiger partial charge in [0.25, 0.3) is 0 Å². The predicted octanol–water partition coefficient (Wildman–Crippen LogP) is 6.74. The number of ether oxygens (including phenoxy) is 1. The van der Waals surface area contributed by atoms with Crippen LogP contribution in [0.1, 0.15) is 77.0 Å². The van der Waals surface area contributed by atoms with Gasteiger partial charge in [-0.3, -0.25) is 10.2 Å².